The van der Waals surface area contributed by atoms with E-state index in [1.807, 2.05) is 0 Å². The molecule has 25 heavy (non-hydrogen) atoms. The van der Waals surface area contributed by atoms with Crippen LogP contribution in [0.25, 0.3) is 0 Å². The first-order valence-electron chi connectivity index (χ1n) is 11.0. The van der Waals surface area contributed by atoms with Gasteiger partial charge in [0.15, 0.2) is 0 Å². The van der Waals surface area contributed by atoms with Crippen LogP contribution in [-0.4, -0.2) is 0 Å². The molecule has 0 fully saturated rings. The van der Waals surface area contributed by atoms with Gasteiger partial charge in [-0.2, -0.15) is 0 Å². The fourth-order valence-electron chi connectivity index (χ4n) is 3.50. The van der Waals surface area contributed by atoms with Crippen molar-refractivity contribution < 1.29 is 0 Å². The van der Waals surface area contributed by atoms with Crippen LogP contribution in [0.2, 0.25) is 0 Å². The highest BCUT2D eigenvalue weighted by molar-refractivity contribution is 5.04. The van der Waals surface area contributed by atoms with Gasteiger partial charge >= 0.3 is 0 Å². The largest absolute Gasteiger partial charge is 0.103 e. The summed E-state index contributed by atoms with van der Waals surface area (Å²) in [6, 6.07) is 0. The molecule has 0 N–H and O–H groups in total. The van der Waals surface area contributed by atoms with Crippen LogP contribution in [0.5, 0.6) is 0 Å². The molecule has 148 valence electrons. The lowest BCUT2D eigenvalue weighted by atomic mass is 9.84. The van der Waals surface area contributed by atoms with Gasteiger partial charge in [-0.1, -0.05) is 85.0 Å². The molecule has 3 atom stereocenters. The molecular weight excluding hydrogens is 300 g/mol. The van der Waals surface area contributed by atoms with E-state index in [1.165, 1.54) is 57.8 Å². The lowest BCUT2D eigenvalue weighted by Gasteiger charge is -2.22. The Bertz CT molecular complexity index is 347. The molecule has 0 aliphatic heterocycles. The normalized spacial score (nSPS) is 16.3. The maximum Gasteiger partial charge on any atom is -0.0206 e. The highest BCUT2D eigenvalue weighted by Gasteiger charge is 2.14. The molecular formula is C25H48. The van der Waals surface area contributed by atoms with Crippen LogP contribution in [0.15, 0.2) is 24.3 Å². The Labute approximate surface area is 160 Å². The fourth-order valence-corrected chi connectivity index (χ4v) is 3.50. The Morgan fingerprint density at radius 1 is 0.760 bits per heavy atom. The van der Waals surface area contributed by atoms with Crippen molar-refractivity contribution in [2.45, 2.75) is 106 Å². The van der Waals surface area contributed by atoms with E-state index in [4.69, 9.17) is 0 Å². The van der Waals surface area contributed by atoms with Crippen LogP contribution in [-0.2, 0) is 0 Å². The number of hydrogen-bond donors (Lipinski definition) is 0. The van der Waals surface area contributed by atoms with Crippen LogP contribution in [0.3, 0.4) is 0 Å². The predicted octanol–water partition coefficient (Wildman–Crippen LogP) is 8.83. The number of allylic oxidation sites excluding steroid dienone is 3. The third-order valence-electron chi connectivity index (χ3n) is 5.71. The molecule has 0 saturated carbocycles. The molecule has 0 aliphatic rings. The lowest BCUT2D eigenvalue weighted by Crippen LogP contribution is -2.08. The minimum atomic E-state index is 0.648. The maximum atomic E-state index is 3.96. The van der Waals surface area contributed by atoms with Crippen molar-refractivity contribution in [2.75, 3.05) is 0 Å². The Hall–Kier alpha value is -0.520. The van der Waals surface area contributed by atoms with E-state index in [-0.39, 0.29) is 0 Å². The Balaban J connectivity index is 4.48. The summed E-state index contributed by atoms with van der Waals surface area (Å²) in [5, 5.41) is 0. The molecule has 0 unspecified atom stereocenters. The summed E-state index contributed by atoms with van der Waals surface area (Å²) in [4.78, 5) is 0. The Morgan fingerprint density at radius 3 is 1.92 bits per heavy atom. The highest BCUT2D eigenvalue weighted by Crippen LogP contribution is 2.28. The molecule has 0 radical (unpaired) electrons. The molecule has 0 saturated heterocycles. The average molecular weight is 349 g/mol. The minimum absolute atomic E-state index is 0.648. The molecule has 0 rings (SSSR count). The van der Waals surface area contributed by atoms with E-state index >= 15 is 0 Å². The molecule has 0 aromatic heterocycles. The summed E-state index contributed by atoms with van der Waals surface area (Å²) in [6.07, 6.45) is 16.8. The van der Waals surface area contributed by atoms with E-state index < -0.39 is 0 Å². The second-order valence-electron chi connectivity index (χ2n) is 9.41. The van der Waals surface area contributed by atoms with E-state index in [0.29, 0.717) is 5.92 Å². The minimum Gasteiger partial charge on any atom is -0.103 e. The average Bonchev–Trinajstić information content (AvgIpc) is 2.53. The van der Waals surface area contributed by atoms with Crippen molar-refractivity contribution in [3.63, 3.8) is 0 Å². The van der Waals surface area contributed by atoms with E-state index in [1.54, 1.807) is 5.57 Å². The first-order valence-corrected chi connectivity index (χ1v) is 11.0. The van der Waals surface area contributed by atoms with Crippen LogP contribution in [0.1, 0.15) is 106 Å². The Morgan fingerprint density at radius 2 is 1.36 bits per heavy atom. The summed E-state index contributed by atoms with van der Waals surface area (Å²) < 4.78 is 0. The summed E-state index contributed by atoms with van der Waals surface area (Å²) >= 11 is 0. The summed E-state index contributed by atoms with van der Waals surface area (Å²) in [5.74, 6) is 3.97. The van der Waals surface area contributed by atoms with Crippen LogP contribution in [0.4, 0.5) is 0 Å². The number of rotatable bonds is 15. The van der Waals surface area contributed by atoms with Gasteiger partial charge in [0.25, 0.3) is 0 Å². The van der Waals surface area contributed by atoms with Gasteiger partial charge in [0.05, 0.1) is 0 Å². The second kappa shape index (κ2) is 14.6. The zero-order valence-corrected chi connectivity index (χ0v) is 18.6. The topological polar surface area (TPSA) is 0 Å². The van der Waals surface area contributed by atoms with Crippen LogP contribution >= 0.6 is 0 Å². The molecule has 0 heterocycles. The summed E-state index contributed by atoms with van der Waals surface area (Å²) in [5.41, 5.74) is 1.64. The third-order valence-corrected chi connectivity index (χ3v) is 5.71. The van der Waals surface area contributed by atoms with E-state index in [2.05, 4.69) is 67.2 Å². The quantitative estimate of drug-likeness (QED) is 0.259. The van der Waals surface area contributed by atoms with Gasteiger partial charge in [0, 0.05) is 0 Å². The van der Waals surface area contributed by atoms with Gasteiger partial charge in [-0.25, -0.2) is 0 Å². The van der Waals surface area contributed by atoms with E-state index in [0.717, 1.165) is 23.7 Å². The summed E-state index contributed by atoms with van der Waals surface area (Å²) in [6.45, 7) is 20.4. The van der Waals surface area contributed by atoms with E-state index in [9.17, 15) is 0 Å². The Kier molecular flexibility index (Phi) is 14.3. The second-order valence-corrected chi connectivity index (χ2v) is 9.41. The molecule has 0 nitrogen and oxygen atoms in total. The molecule has 0 aliphatic carbocycles. The van der Waals surface area contributed by atoms with Gasteiger partial charge in [-0.05, 0) is 68.6 Å². The van der Waals surface area contributed by atoms with Gasteiger partial charge in [0.1, 0.15) is 0 Å². The van der Waals surface area contributed by atoms with Gasteiger partial charge in [-0.3, -0.25) is 0 Å². The number of hydrogen-bond acceptors (Lipinski definition) is 0. The summed E-state index contributed by atoms with van der Waals surface area (Å²) in [7, 11) is 0. The maximum absolute atomic E-state index is 3.96. The van der Waals surface area contributed by atoms with Gasteiger partial charge in [0.2, 0.25) is 0 Å². The smallest absolute Gasteiger partial charge is 0.0206 e. The SMILES string of the molecule is C=C[C@H](C)CC[C@H](CC[C@@H](C)CCCC(C)C)/C(C)=C/CCC(C)C. The molecule has 0 aromatic rings. The van der Waals surface area contributed by atoms with Crippen molar-refractivity contribution >= 4 is 0 Å². The zero-order valence-electron chi connectivity index (χ0n) is 18.6. The molecule has 0 bridgehead atoms. The van der Waals surface area contributed by atoms with Crippen molar-refractivity contribution in [3.05, 3.63) is 24.3 Å². The molecule has 0 spiro atoms. The standard InChI is InChI=1S/C25H48/c1-9-22(6)16-18-25(24(8)15-11-13-21(4)5)19-17-23(7)14-10-12-20(2)3/h9,15,20-23,25H,1,10-14,16-19H2,2-8H3/b24-15+/t22-,23-,25+/m0/s1. The highest BCUT2D eigenvalue weighted by atomic mass is 14.2. The molecule has 0 heteroatoms. The third kappa shape index (κ3) is 14.3. The van der Waals surface area contributed by atoms with Crippen molar-refractivity contribution in [3.8, 4) is 0 Å². The zero-order chi connectivity index (χ0) is 19.2. The molecule has 0 aromatic carbocycles. The monoisotopic (exact) mass is 348 g/mol. The van der Waals surface area contributed by atoms with Crippen molar-refractivity contribution in [2.24, 2.45) is 29.6 Å². The van der Waals surface area contributed by atoms with Crippen molar-refractivity contribution in [1.82, 2.24) is 0 Å². The van der Waals surface area contributed by atoms with Gasteiger partial charge in [-0.15, -0.1) is 6.58 Å². The van der Waals surface area contributed by atoms with Gasteiger partial charge < -0.3 is 0 Å². The fraction of sp³-hybridized carbons (Fsp3) is 0.840. The first-order chi connectivity index (χ1) is 11.8. The lowest BCUT2D eigenvalue weighted by molar-refractivity contribution is 0.377. The molecule has 0 amide bonds. The predicted molar refractivity (Wildman–Crippen MR) is 117 cm³/mol. The van der Waals surface area contributed by atoms with Crippen LogP contribution in [0, 0.1) is 29.6 Å². The first kappa shape index (κ1) is 24.5. The van der Waals surface area contributed by atoms with Crippen molar-refractivity contribution in [1.29, 1.82) is 0 Å². The van der Waals surface area contributed by atoms with Crippen LogP contribution < -0.4 is 0 Å².